The predicted octanol–water partition coefficient (Wildman–Crippen LogP) is 4.04. The van der Waals surface area contributed by atoms with E-state index in [1.54, 1.807) is 30.6 Å². The van der Waals surface area contributed by atoms with Gasteiger partial charge in [-0.25, -0.2) is 4.72 Å². The summed E-state index contributed by atoms with van der Waals surface area (Å²) in [7, 11) is -2.11. The molecule has 0 unspecified atom stereocenters. The molecule has 4 rings (SSSR count). The first-order chi connectivity index (χ1) is 24.8. The Bertz CT molecular complexity index is 1800. The molecule has 2 heterocycles. The number of ketones is 2. The van der Waals surface area contributed by atoms with Crippen LogP contribution in [0.2, 0.25) is 0 Å². The first-order valence-corrected chi connectivity index (χ1v) is 18.4. The van der Waals surface area contributed by atoms with E-state index >= 15 is 0 Å². The Labute approximate surface area is 305 Å². The number of alkyl halides is 6. The first-order valence-electron chi connectivity index (χ1n) is 15.6. The summed E-state index contributed by atoms with van der Waals surface area (Å²) in [5.41, 5.74) is 2.71. The number of aromatic nitrogens is 1. The topological polar surface area (TPSA) is 155 Å². The fourth-order valence-electron chi connectivity index (χ4n) is 4.62. The third-order valence-corrected chi connectivity index (χ3v) is 9.59. The maximum absolute atomic E-state index is 13.6. The highest BCUT2D eigenvalue weighted by molar-refractivity contribution is 7.98. The van der Waals surface area contributed by atoms with Gasteiger partial charge in [-0.1, -0.05) is 36.4 Å². The second-order valence-corrected chi connectivity index (χ2v) is 14.0. The van der Waals surface area contributed by atoms with Crippen LogP contribution >= 0.6 is 11.8 Å². The zero-order valence-corrected chi connectivity index (χ0v) is 29.9. The Balaban J connectivity index is 0.000000541. The summed E-state index contributed by atoms with van der Waals surface area (Å²) >= 11 is 1.51. The van der Waals surface area contributed by atoms with Crippen molar-refractivity contribution in [1.29, 1.82) is 0 Å². The number of thioether (sulfide) groups is 1. The Morgan fingerprint density at radius 2 is 1.53 bits per heavy atom. The molecule has 288 valence electrons. The molecule has 0 radical (unpaired) electrons. The van der Waals surface area contributed by atoms with Gasteiger partial charge in [0.05, 0.1) is 6.20 Å². The molecule has 20 heteroatoms. The lowest BCUT2D eigenvalue weighted by Gasteiger charge is -2.31. The predicted molar refractivity (Wildman–Crippen MR) is 183 cm³/mol. The van der Waals surface area contributed by atoms with Crippen molar-refractivity contribution in [1.82, 2.24) is 24.2 Å². The third-order valence-electron chi connectivity index (χ3n) is 7.44. The molecule has 2 amide bonds. The normalized spacial score (nSPS) is 14.6. The van der Waals surface area contributed by atoms with E-state index in [1.807, 2.05) is 60.7 Å². The standard InChI is InChI=1S/C29H35N5O5S2.C4F6O2/c1-33-14-16-34(17-15-33)41(37,38)32-29(36)27(12-18-40-2)31-28(35)25-11-10-22(21-39-24-9-6-13-30-20-24)19-26(25)23-7-4-3-5-8-23;5-3(6,7)1(11)2(12)4(8,9)10/h3-11,13,19-20,27H,12,14-18,21H2,1-2H3,(H,31,35)(H,32,36);/t27-;/m0./s1. The molecule has 1 saturated heterocycles. The molecular formula is C33H35F6N5O7S2. The number of hydrogen-bond donors (Lipinski definition) is 2. The lowest BCUT2D eigenvalue weighted by molar-refractivity contribution is -0.193. The number of ether oxygens (including phenoxy) is 1. The molecule has 1 aliphatic heterocycles. The van der Waals surface area contributed by atoms with Gasteiger partial charge >= 0.3 is 34.1 Å². The zero-order chi connectivity index (χ0) is 39.4. The minimum atomic E-state index is -5.77. The van der Waals surface area contributed by atoms with Gasteiger partial charge in [-0.2, -0.15) is 50.8 Å². The number of nitrogens with one attached hydrogen (secondary N) is 2. The molecule has 0 aliphatic carbocycles. The number of benzene rings is 2. The fourth-order valence-corrected chi connectivity index (χ4v) is 6.27. The Hall–Kier alpha value is -4.53. The van der Waals surface area contributed by atoms with Gasteiger partial charge in [0.1, 0.15) is 18.4 Å². The maximum Gasteiger partial charge on any atom is 0.458 e. The van der Waals surface area contributed by atoms with Crippen molar-refractivity contribution in [2.75, 3.05) is 45.2 Å². The molecule has 0 bridgehead atoms. The van der Waals surface area contributed by atoms with E-state index in [4.69, 9.17) is 4.74 Å². The van der Waals surface area contributed by atoms with E-state index in [1.165, 1.54) is 16.1 Å². The van der Waals surface area contributed by atoms with Crippen LogP contribution in [0.1, 0.15) is 22.3 Å². The molecule has 0 spiro atoms. The molecule has 3 aromatic rings. The minimum Gasteiger partial charge on any atom is -0.487 e. The summed E-state index contributed by atoms with van der Waals surface area (Å²) in [5, 5.41) is 2.79. The van der Waals surface area contributed by atoms with Gasteiger partial charge in [-0.3, -0.25) is 24.2 Å². The smallest absolute Gasteiger partial charge is 0.458 e. The van der Waals surface area contributed by atoms with E-state index in [-0.39, 0.29) is 26.1 Å². The number of likely N-dealkylation sites (N-methyl/N-ethyl adjacent to an activating group) is 1. The number of pyridine rings is 1. The van der Waals surface area contributed by atoms with Crippen molar-refractivity contribution in [3.8, 4) is 16.9 Å². The number of Topliss-reactive ketones (excluding diaryl/α,β-unsaturated/α-hetero) is 2. The van der Waals surface area contributed by atoms with Crippen LogP contribution in [0.15, 0.2) is 73.1 Å². The van der Waals surface area contributed by atoms with Gasteiger partial charge in [0, 0.05) is 37.9 Å². The molecule has 1 aromatic heterocycles. The number of carbonyl (C=O) groups is 4. The van der Waals surface area contributed by atoms with Gasteiger partial charge in [-0.05, 0) is 66.4 Å². The lowest BCUT2D eigenvalue weighted by atomic mass is 9.96. The number of carbonyl (C=O) groups excluding carboxylic acids is 4. The van der Waals surface area contributed by atoms with Crippen LogP contribution in [-0.2, 0) is 31.2 Å². The van der Waals surface area contributed by atoms with Crippen LogP contribution in [0.4, 0.5) is 26.3 Å². The summed E-state index contributed by atoms with van der Waals surface area (Å²) in [6, 6.07) is 17.4. The quantitative estimate of drug-likeness (QED) is 0.192. The van der Waals surface area contributed by atoms with Gasteiger partial charge < -0.3 is 15.0 Å². The average molecular weight is 792 g/mol. The van der Waals surface area contributed by atoms with Crippen LogP contribution in [-0.4, -0.2) is 110 Å². The van der Waals surface area contributed by atoms with Crippen molar-refractivity contribution in [3.05, 3.63) is 84.2 Å². The van der Waals surface area contributed by atoms with Crippen molar-refractivity contribution < 1.29 is 58.7 Å². The Kier molecular flexibility index (Phi) is 15.4. The van der Waals surface area contributed by atoms with Gasteiger partial charge in [-0.15, -0.1) is 0 Å². The van der Waals surface area contributed by atoms with Gasteiger partial charge in [0.15, 0.2) is 0 Å². The molecular weight excluding hydrogens is 757 g/mol. The van der Waals surface area contributed by atoms with Crippen molar-refractivity contribution in [2.45, 2.75) is 31.4 Å². The van der Waals surface area contributed by atoms with E-state index in [0.717, 1.165) is 11.1 Å². The van der Waals surface area contributed by atoms with E-state index < -0.39 is 52.0 Å². The fraction of sp³-hybridized carbons (Fsp3) is 0.364. The lowest BCUT2D eigenvalue weighted by Crippen LogP contribution is -2.55. The number of halogens is 6. The average Bonchev–Trinajstić information content (AvgIpc) is 3.12. The van der Waals surface area contributed by atoms with Crippen LogP contribution in [0.5, 0.6) is 5.75 Å². The van der Waals surface area contributed by atoms with E-state index in [2.05, 4.69) is 15.0 Å². The molecule has 12 nitrogen and oxygen atoms in total. The van der Waals surface area contributed by atoms with E-state index in [9.17, 15) is 53.9 Å². The molecule has 2 aromatic carbocycles. The van der Waals surface area contributed by atoms with Gasteiger partial charge in [0.25, 0.3) is 11.8 Å². The molecule has 1 atom stereocenters. The summed E-state index contributed by atoms with van der Waals surface area (Å²) < 4.78 is 102. The van der Waals surface area contributed by atoms with Crippen LogP contribution in [0.25, 0.3) is 11.1 Å². The van der Waals surface area contributed by atoms with Crippen LogP contribution < -0.4 is 14.8 Å². The second kappa shape index (κ2) is 19.0. The zero-order valence-electron chi connectivity index (χ0n) is 28.2. The number of nitrogens with zero attached hydrogens (tertiary/aromatic N) is 3. The number of rotatable bonds is 13. The molecule has 1 aliphatic rings. The van der Waals surface area contributed by atoms with Crippen molar-refractivity contribution in [3.63, 3.8) is 0 Å². The van der Waals surface area contributed by atoms with Crippen LogP contribution in [0, 0.1) is 0 Å². The first kappa shape index (κ1) is 42.9. The third kappa shape index (κ3) is 13.1. The van der Waals surface area contributed by atoms with Crippen molar-refractivity contribution in [2.24, 2.45) is 0 Å². The highest BCUT2D eigenvalue weighted by atomic mass is 32.2. The minimum absolute atomic E-state index is 0.273. The largest absolute Gasteiger partial charge is 0.487 e. The summed E-state index contributed by atoms with van der Waals surface area (Å²) in [5.74, 6) is -6.85. The molecule has 2 N–H and O–H groups in total. The summed E-state index contributed by atoms with van der Waals surface area (Å²) in [6.07, 6.45) is -6.09. The molecule has 53 heavy (non-hydrogen) atoms. The van der Waals surface area contributed by atoms with Crippen LogP contribution in [0.3, 0.4) is 0 Å². The van der Waals surface area contributed by atoms with E-state index in [0.29, 0.717) is 35.7 Å². The maximum atomic E-state index is 13.6. The Morgan fingerprint density at radius 1 is 0.906 bits per heavy atom. The monoisotopic (exact) mass is 791 g/mol. The number of amides is 2. The highest BCUT2D eigenvalue weighted by Crippen LogP contribution is 2.27. The number of piperazine rings is 1. The summed E-state index contributed by atoms with van der Waals surface area (Å²) in [6.45, 7) is 2.01. The SMILES string of the molecule is CSCC[C@H](NC(=O)c1ccc(COc2cccnc2)cc1-c1ccccc1)C(=O)NS(=O)(=O)N1CCN(C)CC1.O=C(C(=O)C(F)(F)F)C(F)(F)F. The second-order valence-electron chi connectivity index (χ2n) is 11.4. The number of hydrogen-bond acceptors (Lipinski definition) is 10. The molecule has 1 fully saturated rings. The molecule has 0 saturated carbocycles. The Morgan fingerprint density at radius 3 is 2.08 bits per heavy atom. The van der Waals surface area contributed by atoms with Gasteiger partial charge in [0.2, 0.25) is 0 Å². The summed E-state index contributed by atoms with van der Waals surface area (Å²) in [4.78, 5) is 52.1. The highest BCUT2D eigenvalue weighted by Gasteiger charge is 2.54. The van der Waals surface area contributed by atoms with Crippen molar-refractivity contribution >= 4 is 45.4 Å².